The van der Waals surface area contributed by atoms with Crippen LogP contribution in [0.3, 0.4) is 0 Å². The van der Waals surface area contributed by atoms with Crippen LogP contribution in [0.1, 0.15) is 18.0 Å². The first-order valence-electron chi connectivity index (χ1n) is 6.07. The SMILES string of the molecule is CN(CCC#N)C(=O)N[C@@H](c1ccc(F)c(Cl)c1)C(F)(F)F. The van der Waals surface area contributed by atoms with Gasteiger partial charge in [-0.05, 0) is 17.7 Å². The molecule has 1 N–H and O–H groups in total. The minimum Gasteiger partial charge on any atom is -0.327 e. The zero-order chi connectivity index (χ0) is 16.9. The number of hydrogen-bond donors (Lipinski definition) is 1. The molecule has 0 radical (unpaired) electrons. The van der Waals surface area contributed by atoms with Crippen LogP contribution in [0.15, 0.2) is 18.2 Å². The van der Waals surface area contributed by atoms with Crippen molar-refractivity contribution in [3.63, 3.8) is 0 Å². The Bertz CT molecular complexity index is 586. The number of benzene rings is 1. The molecule has 1 rings (SSSR count). The molecule has 0 aromatic heterocycles. The lowest BCUT2D eigenvalue weighted by atomic mass is 10.1. The number of carbonyl (C=O) groups excluding carboxylic acids is 1. The maximum absolute atomic E-state index is 13.1. The zero-order valence-corrected chi connectivity index (χ0v) is 12.2. The average molecular weight is 338 g/mol. The van der Waals surface area contributed by atoms with Crippen LogP contribution in [0.2, 0.25) is 5.02 Å². The molecule has 0 unspecified atom stereocenters. The van der Waals surface area contributed by atoms with Gasteiger partial charge in [0, 0.05) is 13.6 Å². The number of urea groups is 1. The van der Waals surface area contributed by atoms with E-state index in [0.717, 1.165) is 23.1 Å². The van der Waals surface area contributed by atoms with Gasteiger partial charge in [-0.25, -0.2) is 9.18 Å². The van der Waals surface area contributed by atoms with Crippen molar-refractivity contribution in [2.45, 2.75) is 18.6 Å². The normalized spacial score (nSPS) is 12.4. The lowest BCUT2D eigenvalue weighted by Crippen LogP contribution is -2.44. The second kappa shape index (κ2) is 7.31. The third-order valence-electron chi connectivity index (χ3n) is 2.78. The molecule has 22 heavy (non-hydrogen) atoms. The van der Waals surface area contributed by atoms with Crippen LogP contribution >= 0.6 is 11.6 Å². The van der Waals surface area contributed by atoms with Crippen molar-refractivity contribution in [1.82, 2.24) is 10.2 Å². The fourth-order valence-electron chi connectivity index (χ4n) is 1.60. The summed E-state index contributed by atoms with van der Waals surface area (Å²) in [5.41, 5.74) is -0.388. The third-order valence-corrected chi connectivity index (χ3v) is 3.07. The average Bonchev–Trinajstić information content (AvgIpc) is 2.43. The number of rotatable bonds is 4. The Hall–Kier alpha value is -2.01. The first-order valence-corrected chi connectivity index (χ1v) is 6.45. The van der Waals surface area contributed by atoms with Crippen LogP contribution < -0.4 is 5.32 Å². The summed E-state index contributed by atoms with van der Waals surface area (Å²) < 4.78 is 52.3. The summed E-state index contributed by atoms with van der Waals surface area (Å²) >= 11 is 5.47. The Morgan fingerprint density at radius 3 is 2.64 bits per heavy atom. The summed E-state index contributed by atoms with van der Waals surface area (Å²) in [6.07, 6.45) is -4.80. The number of hydrogen-bond acceptors (Lipinski definition) is 2. The molecule has 0 saturated heterocycles. The molecular weight excluding hydrogens is 326 g/mol. The Kier molecular flexibility index (Phi) is 6.00. The van der Waals surface area contributed by atoms with Crippen LogP contribution in [0.25, 0.3) is 0 Å². The highest BCUT2D eigenvalue weighted by Gasteiger charge is 2.42. The topological polar surface area (TPSA) is 56.1 Å². The van der Waals surface area contributed by atoms with Crippen LogP contribution in [0, 0.1) is 17.1 Å². The smallest absolute Gasteiger partial charge is 0.327 e. The summed E-state index contributed by atoms with van der Waals surface area (Å²) in [7, 11) is 1.26. The van der Waals surface area contributed by atoms with Gasteiger partial charge < -0.3 is 10.2 Å². The molecule has 0 aliphatic carbocycles. The summed E-state index contributed by atoms with van der Waals surface area (Å²) in [5.74, 6) is -0.858. The first kappa shape index (κ1) is 18.0. The van der Waals surface area contributed by atoms with Gasteiger partial charge in [0.05, 0.1) is 17.5 Å². The Labute approximate surface area is 129 Å². The van der Waals surface area contributed by atoms with Crippen molar-refractivity contribution in [3.05, 3.63) is 34.6 Å². The molecule has 0 heterocycles. The quantitative estimate of drug-likeness (QED) is 0.853. The molecule has 9 heteroatoms. The largest absolute Gasteiger partial charge is 0.412 e. The van der Waals surface area contributed by atoms with E-state index in [2.05, 4.69) is 0 Å². The van der Waals surface area contributed by atoms with Gasteiger partial charge in [0.2, 0.25) is 0 Å². The number of nitrogens with one attached hydrogen (secondary N) is 1. The van der Waals surface area contributed by atoms with E-state index in [1.165, 1.54) is 7.05 Å². The Morgan fingerprint density at radius 2 is 2.14 bits per heavy atom. The second-order valence-electron chi connectivity index (χ2n) is 4.43. The van der Waals surface area contributed by atoms with Crippen molar-refractivity contribution in [2.24, 2.45) is 0 Å². The molecule has 0 saturated carbocycles. The lowest BCUT2D eigenvalue weighted by Gasteiger charge is -2.25. The van der Waals surface area contributed by atoms with Gasteiger partial charge >= 0.3 is 12.2 Å². The van der Waals surface area contributed by atoms with E-state index in [1.54, 1.807) is 11.4 Å². The van der Waals surface area contributed by atoms with E-state index >= 15 is 0 Å². The number of amides is 2. The van der Waals surface area contributed by atoms with Crippen molar-refractivity contribution >= 4 is 17.6 Å². The van der Waals surface area contributed by atoms with Crippen molar-refractivity contribution in [3.8, 4) is 6.07 Å². The molecule has 0 spiro atoms. The van der Waals surface area contributed by atoms with Crippen molar-refractivity contribution in [2.75, 3.05) is 13.6 Å². The van der Waals surface area contributed by atoms with Gasteiger partial charge in [0.1, 0.15) is 5.82 Å². The molecule has 120 valence electrons. The van der Waals surface area contributed by atoms with Crippen LogP contribution in [-0.2, 0) is 0 Å². The van der Waals surface area contributed by atoms with E-state index in [0.29, 0.717) is 0 Å². The minimum atomic E-state index is -4.78. The van der Waals surface area contributed by atoms with Gasteiger partial charge in [-0.15, -0.1) is 0 Å². The highest BCUT2D eigenvalue weighted by atomic mass is 35.5. The van der Waals surface area contributed by atoms with E-state index in [1.807, 2.05) is 0 Å². The fourth-order valence-corrected chi connectivity index (χ4v) is 1.79. The number of nitriles is 1. The van der Waals surface area contributed by atoms with Gasteiger partial charge in [0.15, 0.2) is 6.04 Å². The molecule has 0 aliphatic rings. The molecule has 1 aromatic rings. The molecule has 1 aromatic carbocycles. The minimum absolute atomic E-state index is 0.0109. The summed E-state index contributed by atoms with van der Waals surface area (Å²) in [6, 6.07) is 0.948. The third kappa shape index (κ3) is 4.77. The van der Waals surface area contributed by atoms with Gasteiger partial charge in [-0.2, -0.15) is 18.4 Å². The Balaban J connectivity index is 2.98. The highest BCUT2D eigenvalue weighted by molar-refractivity contribution is 6.30. The van der Waals surface area contributed by atoms with Crippen LogP contribution in [-0.4, -0.2) is 30.7 Å². The monoisotopic (exact) mass is 337 g/mol. The predicted molar refractivity (Wildman–Crippen MR) is 71.6 cm³/mol. The molecule has 2 amide bonds. The fraction of sp³-hybridized carbons (Fsp3) is 0.385. The second-order valence-corrected chi connectivity index (χ2v) is 4.83. The Morgan fingerprint density at radius 1 is 1.50 bits per heavy atom. The van der Waals surface area contributed by atoms with Crippen molar-refractivity contribution < 1.29 is 22.4 Å². The van der Waals surface area contributed by atoms with Gasteiger partial charge in [0.25, 0.3) is 0 Å². The molecular formula is C13H12ClF4N3O. The molecule has 1 atom stereocenters. The van der Waals surface area contributed by atoms with Crippen LogP contribution in [0.4, 0.5) is 22.4 Å². The summed E-state index contributed by atoms with van der Waals surface area (Å²) in [4.78, 5) is 12.7. The summed E-state index contributed by atoms with van der Waals surface area (Å²) in [6.45, 7) is -0.0168. The van der Waals surface area contributed by atoms with Crippen LogP contribution in [0.5, 0.6) is 0 Å². The van der Waals surface area contributed by atoms with Gasteiger partial charge in [-0.1, -0.05) is 17.7 Å². The standard InChI is InChI=1S/C13H12ClF4N3O/c1-21(6-2-5-19)12(22)20-11(13(16,17)18)8-3-4-10(15)9(14)7-8/h3-4,7,11H,2,6H2,1H3,(H,20,22)/t11-/m0/s1. The summed E-state index contributed by atoms with van der Waals surface area (Å²) in [5, 5.41) is 9.73. The predicted octanol–water partition coefficient (Wildman–Crippen LogP) is 3.64. The number of alkyl halides is 3. The van der Waals surface area contributed by atoms with E-state index in [9.17, 15) is 22.4 Å². The van der Waals surface area contributed by atoms with E-state index in [4.69, 9.17) is 16.9 Å². The lowest BCUT2D eigenvalue weighted by molar-refractivity contribution is -0.155. The molecule has 4 nitrogen and oxygen atoms in total. The number of nitrogens with zero attached hydrogens (tertiary/aromatic N) is 2. The van der Waals surface area contributed by atoms with Crippen molar-refractivity contribution in [1.29, 1.82) is 5.26 Å². The maximum atomic E-state index is 13.1. The van der Waals surface area contributed by atoms with Gasteiger partial charge in [-0.3, -0.25) is 0 Å². The zero-order valence-electron chi connectivity index (χ0n) is 11.4. The van der Waals surface area contributed by atoms with E-state index in [-0.39, 0.29) is 18.5 Å². The highest BCUT2D eigenvalue weighted by Crippen LogP contribution is 2.34. The molecule has 0 aliphatic heterocycles. The number of halogens is 5. The number of carbonyl (C=O) groups is 1. The van der Waals surface area contributed by atoms with E-state index < -0.39 is 29.1 Å². The molecule has 0 fully saturated rings. The first-order chi connectivity index (χ1) is 10.2. The molecule has 0 bridgehead atoms. The maximum Gasteiger partial charge on any atom is 0.412 e.